The predicted octanol–water partition coefficient (Wildman–Crippen LogP) is 4.81. The van der Waals surface area contributed by atoms with Gasteiger partial charge in [-0.05, 0) is 62.9 Å². The Balaban J connectivity index is 1.57. The molecule has 3 nitrogen and oxygen atoms in total. The molecule has 0 saturated carbocycles. The van der Waals surface area contributed by atoms with E-state index in [-0.39, 0.29) is 0 Å². The second-order valence-corrected chi connectivity index (χ2v) is 10.4. The number of hydrogen-bond donors (Lipinski definition) is 0. The number of rotatable bonds is 7. The molecule has 0 N–H and O–H groups in total. The van der Waals surface area contributed by atoms with E-state index in [1.165, 1.54) is 11.1 Å². The Morgan fingerprint density at radius 3 is 2.26 bits per heavy atom. The zero-order valence-electron chi connectivity index (χ0n) is 16.3. The van der Waals surface area contributed by atoms with Crippen LogP contribution in [0.1, 0.15) is 38.7 Å². The van der Waals surface area contributed by atoms with E-state index in [1.807, 2.05) is 26.0 Å². The molecule has 2 aromatic carbocycles. The topological polar surface area (TPSA) is 37.4 Å². The molecule has 144 valence electrons. The molecule has 0 unspecified atom stereocenters. The van der Waals surface area contributed by atoms with Crippen molar-refractivity contribution in [3.63, 3.8) is 0 Å². The van der Waals surface area contributed by atoms with Crippen LogP contribution in [0.4, 0.5) is 0 Å². The number of nitrogens with zero attached hydrogens (tertiary/aromatic N) is 1. The Kier molecular flexibility index (Phi) is 6.18. The van der Waals surface area contributed by atoms with Crippen LogP contribution in [-0.4, -0.2) is 37.7 Å². The lowest BCUT2D eigenvalue weighted by molar-refractivity contribution is 0.292. The minimum atomic E-state index is -3.33. The average Bonchev–Trinajstić information content (AvgIpc) is 2.69. The first-order valence-corrected chi connectivity index (χ1v) is 11.1. The lowest BCUT2D eigenvalue weighted by atomic mass is 10.0. The normalized spacial score (nSPS) is 16.1. The first kappa shape index (κ1) is 19.8. The fourth-order valence-electron chi connectivity index (χ4n) is 3.64. The molecule has 0 bridgehead atoms. The summed E-state index contributed by atoms with van der Waals surface area (Å²) >= 11 is 0. The van der Waals surface area contributed by atoms with Crippen molar-refractivity contribution in [3.8, 4) is 0 Å². The second-order valence-electron chi connectivity index (χ2n) is 7.84. The third-order valence-corrected chi connectivity index (χ3v) is 7.96. The second kappa shape index (κ2) is 8.41. The van der Waals surface area contributed by atoms with Gasteiger partial charge < -0.3 is 0 Å². The minimum absolute atomic E-state index is 0.419. The summed E-state index contributed by atoms with van der Waals surface area (Å²) in [7, 11) is -3.33. The van der Waals surface area contributed by atoms with Gasteiger partial charge in [0.05, 0.1) is 9.64 Å². The molecule has 0 radical (unpaired) electrons. The summed E-state index contributed by atoms with van der Waals surface area (Å²) in [6.45, 7) is 6.61. The molecule has 0 spiro atoms. The largest absolute Gasteiger partial charge is 0.299 e. The van der Waals surface area contributed by atoms with Crippen molar-refractivity contribution < 1.29 is 8.42 Å². The van der Waals surface area contributed by atoms with E-state index in [4.69, 9.17) is 0 Å². The van der Waals surface area contributed by atoms with E-state index in [1.54, 1.807) is 24.3 Å². The summed E-state index contributed by atoms with van der Waals surface area (Å²) in [6, 6.07) is 19.3. The van der Waals surface area contributed by atoms with E-state index >= 15 is 0 Å². The van der Waals surface area contributed by atoms with Gasteiger partial charge in [-0.15, -0.1) is 0 Å². The van der Waals surface area contributed by atoms with Crippen molar-refractivity contribution in [2.45, 2.75) is 42.8 Å². The summed E-state index contributed by atoms with van der Waals surface area (Å²) in [4.78, 5) is 2.86. The Labute approximate surface area is 163 Å². The number of hydrogen-bond acceptors (Lipinski definition) is 3. The molecule has 0 fully saturated rings. The van der Waals surface area contributed by atoms with E-state index in [0.29, 0.717) is 11.3 Å². The third-order valence-electron chi connectivity index (χ3n) is 5.41. The highest BCUT2D eigenvalue weighted by Gasteiger charge is 2.35. The van der Waals surface area contributed by atoms with Crippen LogP contribution in [0, 0.1) is 0 Å². The van der Waals surface area contributed by atoms with E-state index in [0.717, 1.165) is 32.5 Å². The van der Waals surface area contributed by atoms with Crippen LogP contribution in [0.2, 0.25) is 0 Å². The Morgan fingerprint density at radius 1 is 0.963 bits per heavy atom. The molecule has 4 heteroatoms. The molecule has 2 aromatic rings. The summed E-state index contributed by atoms with van der Waals surface area (Å²) in [6.07, 6.45) is 4.91. The fraction of sp³-hybridized carbons (Fsp3) is 0.391. The smallest absolute Gasteiger partial charge is 0.183 e. The highest BCUT2D eigenvalue weighted by molar-refractivity contribution is 7.92. The van der Waals surface area contributed by atoms with E-state index in [9.17, 15) is 8.42 Å². The molecule has 0 saturated heterocycles. The van der Waals surface area contributed by atoms with Crippen molar-refractivity contribution >= 4 is 15.4 Å². The van der Waals surface area contributed by atoms with Crippen LogP contribution in [-0.2, 0) is 9.84 Å². The molecule has 1 aliphatic heterocycles. The van der Waals surface area contributed by atoms with Gasteiger partial charge in [-0.3, -0.25) is 4.90 Å². The molecule has 1 heterocycles. The molecule has 0 amide bonds. The quantitative estimate of drug-likeness (QED) is 0.689. The first-order chi connectivity index (χ1) is 12.9. The maximum absolute atomic E-state index is 13.0. The fourth-order valence-corrected chi connectivity index (χ4v) is 5.21. The van der Waals surface area contributed by atoms with Crippen molar-refractivity contribution in [3.05, 3.63) is 72.3 Å². The van der Waals surface area contributed by atoms with Gasteiger partial charge in [0, 0.05) is 13.1 Å². The summed E-state index contributed by atoms with van der Waals surface area (Å²) in [5.41, 5.74) is 2.66. The zero-order valence-corrected chi connectivity index (χ0v) is 17.1. The summed E-state index contributed by atoms with van der Waals surface area (Å²) in [5, 5.41) is 0. The van der Waals surface area contributed by atoms with Gasteiger partial charge in [-0.2, -0.15) is 0 Å². The molecule has 0 aromatic heterocycles. The van der Waals surface area contributed by atoms with Gasteiger partial charge in [0.15, 0.2) is 9.84 Å². The minimum Gasteiger partial charge on any atom is -0.299 e. The number of sulfone groups is 1. The van der Waals surface area contributed by atoms with Gasteiger partial charge in [0.2, 0.25) is 0 Å². The van der Waals surface area contributed by atoms with Gasteiger partial charge in [-0.25, -0.2) is 8.42 Å². The molecular weight excluding hydrogens is 354 g/mol. The maximum atomic E-state index is 13.0. The molecule has 27 heavy (non-hydrogen) atoms. The molecule has 0 atom stereocenters. The van der Waals surface area contributed by atoms with Crippen LogP contribution in [0.15, 0.2) is 71.6 Å². The van der Waals surface area contributed by atoms with Gasteiger partial charge >= 0.3 is 0 Å². The van der Waals surface area contributed by atoms with Crippen LogP contribution in [0.25, 0.3) is 5.57 Å². The standard InChI is InChI=1S/C23H29NO2S/c1-23(2,27(25,26)22-14-7-4-8-15-22)16-10-18-24-17-9-13-21(19-24)20-11-5-3-6-12-20/h3-8,11-15H,9-10,16-19H2,1-2H3. The SMILES string of the molecule is CC(C)(CCCN1CCC=C(c2ccccc2)C1)S(=O)(=O)c1ccccc1. The lowest BCUT2D eigenvalue weighted by Gasteiger charge is -2.30. The van der Waals surface area contributed by atoms with Crippen LogP contribution in [0.5, 0.6) is 0 Å². The summed E-state index contributed by atoms with van der Waals surface area (Å²) in [5.74, 6) is 0. The first-order valence-electron chi connectivity index (χ1n) is 9.67. The Bertz CT molecular complexity index is 871. The molecular formula is C23H29NO2S. The highest BCUT2D eigenvalue weighted by atomic mass is 32.2. The van der Waals surface area contributed by atoms with Gasteiger partial charge in [0.25, 0.3) is 0 Å². The van der Waals surface area contributed by atoms with Gasteiger partial charge in [-0.1, -0.05) is 54.6 Å². The van der Waals surface area contributed by atoms with Crippen LogP contribution in [0.3, 0.4) is 0 Å². The number of benzene rings is 2. The zero-order chi connectivity index (χ0) is 19.3. The van der Waals surface area contributed by atoms with Crippen molar-refractivity contribution in [2.24, 2.45) is 0 Å². The Morgan fingerprint density at radius 2 is 1.59 bits per heavy atom. The predicted molar refractivity (Wildman–Crippen MR) is 112 cm³/mol. The average molecular weight is 384 g/mol. The van der Waals surface area contributed by atoms with Crippen molar-refractivity contribution in [1.82, 2.24) is 4.90 Å². The van der Waals surface area contributed by atoms with E-state index < -0.39 is 14.6 Å². The monoisotopic (exact) mass is 383 g/mol. The van der Waals surface area contributed by atoms with E-state index in [2.05, 4.69) is 35.2 Å². The van der Waals surface area contributed by atoms with Crippen molar-refractivity contribution in [2.75, 3.05) is 19.6 Å². The third kappa shape index (κ3) is 4.69. The van der Waals surface area contributed by atoms with Crippen molar-refractivity contribution in [1.29, 1.82) is 0 Å². The molecule has 3 rings (SSSR count). The van der Waals surface area contributed by atoms with Crippen LogP contribution < -0.4 is 0 Å². The maximum Gasteiger partial charge on any atom is 0.183 e. The molecule has 1 aliphatic rings. The van der Waals surface area contributed by atoms with Gasteiger partial charge in [0.1, 0.15) is 0 Å². The lowest BCUT2D eigenvalue weighted by Crippen LogP contribution is -2.35. The molecule has 0 aliphatic carbocycles. The summed E-state index contributed by atoms with van der Waals surface area (Å²) < 4.78 is 25.1. The Hall–Kier alpha value is -1.91. The highest BCUT2D eigenvalue weighted by Crippen LogP contribution is 2.30. The van der Waals surface area contributed by atoms with Crippen LogP contribution >= 0.6 is 0 Å².